The molecule has 0 saturated carbocycles. The van der Waals surface area contributed by atoms with Gasteiger partial charge in [0.15, 0.2) is 0 Å². The Balaban J connectivity index is 1.95. The lowest BCUT2D eigenvalue weighted by atomic mass is 9.92. The van der Waals surface area contributed by atoms with Crippen LogP contribution in [0.1, 0.15) is 44.6 Å². The van der Waals surface area contributed by atoms with Gasteiger partial charge in [0.25, 0.3) is 0 Å². The molecule has 3 nitrogen and oxygen atoms in total. The first kappa shape index (κ1) is 13.6. The molecule has 108 valence electrons. The average Bonchev–Trinajstić information content (AvgIpc) is 2.88. The zero-order valence-corrected chi connectivity index (χ0v) is 12.3. The van der Waals surface area contributed by atoms with E-state index in [1.165, 1.54) is 12.0 Å². The lowest BCUT2D eigenvalue weighted by Crippen LogP contribution is -2.55. The molecule has 1 N–H and O–H groups in total. The smallest absolute Gasteiger partial charge is 0.247 e. The number of aryl methyl sites for hydroxylation is 1. The van der Waals surface area contributed by atoms with Crippen molar-refractivity contribution in [1.29, 1.82) is 0 Å². The minimum absolute atomic E-state index is 0.284. The van der Waals surface area contributed by atoms with Gasteiger partial charge >= 0.3 is 0 Å². The number of anilines is 1. The molecule has 1 aromatic rings. The van der Waals surface area contributed by atoms with E-state index in [1.54, 1.807) is 0 Å². The van der Waals surface area contributed by atoms with E-state index in [4.69, 9.17) is 0 Å². The van der Waals surface area contributed by atoms with Crippen molar-refractivity contribution in [3.63, 3.8) is 0 Å². The minimum atomic E-state index is -0.322. The van der Waals surface area contributed by atoms with Crippen LogP contribution in [-0.2, 0) is 11.2 Å². The van der Waals surface area contributed by atoms with Gasteiger partial charge in [-0.05, 0) is 56.7 Å². The standard InChI is InChI=1S/C17H24N2O/c1-2-17(11-7-12-18-17)16(20)19-13-6-5-9-14-8-3-4-10-15(14)19/h3-4,8,10,18H,2,5-7,9,11-13H2,1H3. The van der Waals surface area contributed by atoms with Gasteiger partial charge in [0, 0.05) is 12.2 Å². The Morgan fingerprint density at radius 1 is 1.30 bits per heavy atom. The summed E-state index contributed by atoms with van der Waals surface area (Å²) in [5.41, 5.74) is 2.14. The van der Waals surface area contributed by atoms with Crippen LogP contribution in [0, 0.1) is 0 Å². The molecule has 0 aliphatic carbocycles. The Kier molecular flexibility index (Phi) is 3.79. The van der Waals surface area contributed by atoms with Crippen LogP contribution in [0.5, 0.6) is 0 Å². The maximum absolute atomic E-state index is 13.1. The van der Waals surface area contributed by atoms with Gasteiger partial charge < -0.3 is 10.2 Å². The van der Waals surface area contributed by atoms with Gasteiger partial charge in [-0.3, -0.25) is 4.79 Å². The molecular weight excluding hydrogens is 248 g/mol. The molecule has 1 unspecified atom stereocenters. The Hall–Kier alpha value is -1.35. The molecule has 1 saturated heterocycles. The largest absolute Gasteiger partial charge is 0.311 e. The van der Waals surface area contributed by atoms with Crippen LogP contribution in [0.3, 0.4) is 0 Å². The van der Waals surface area contributed by atoms with Gasteiger partial charge in [0.05, 0.1) is 5.54 Å². The SMILES string of the molecule is CCC1(C(=O)N2CCCCc3ccccc32)CCCN1. The molecule has 3 rings (SSSR count). The van der Waals surface area contributed by atoms with E-state index in [2.05, 4.69) is 30.4 Å². The molecule has 2 heterocycles. The van der Waals surface area contributed by atoms with Crippen LogP contribution < -0.4 is 10.2 Å². The highest BCUT2D eigenvalue weighted by Gasteiger charge is 2.42. The fourth-order valence-corrected chi connectivity index (χ4v) is 3.60. The Labute approximate surface area is 121 Å². The minimum Gasteiger partial charge on any atom is -0.311 e. The van der Waals surface area contributed by atoms with Crippen molar-refractivity contribution in [2.75, 3.05) is 18.0 Å². The van der Waals surface area contributed by atoms with Gasteiger partial charge in [-0.2, -0.15) is 0 Å². The zero-order valence-electron chi connectivity index (χ0n) is 12.3. The molecule has 0 bridgehead atoms. The summed E-state index contributed by atoms with van der Waals surface area (Å²) >= 11 is 0. The lowest BCUT2D eigenvalue weighted by molar-refractivity contribution is -0.124. The van der Waals surface area contributed by atoms with Gasteiger partial charge in [-0.25, -0.2) is 0 Å². The summed E-state index contributed by atoms with van der Waals surface area (Å²) in [4.78, 5) is 15.2. The predicted octanol–water partition coefficient (Wildman–Crippen LogP) is 2.89. The average molecular weight is 272 g/mol. The number of hydrogen-bond acceptors (Lipinski definition) is 2. The summed E-state index contributed by atoms with van der Waals surface area (Å²) in [6.45, 7) is 3.95. The Morgan fingerprint density at radius 2 is 2.15 bits per heavy atom. The molecule has 1 atom stereocenters. The second-order valence-electron chi connectivity index (χ2n) is 6.01. The summed E-state index contributed by atoms with van der Waals surface area (Å²) in [6, 6.07) is 8.40. The highest BCUT2D eigenvalue weighted by Crippen LogP contribution is 2.32. The molecule has 20 heavy (non-hydrogen) atoms. The van der Waals surface area contributed by atoms with E-state index in [1.807, 2.05) is 11.0 Å². The highest BCUT2D eigenvalue weighted by atomic mass is 16.2. The predicted molar refractivity (Wildman–Crippen MR) is 82.0 cm³/mol. The van der Waals surface area contributed by atoms with Crippen LogP contribution in [0.2, 0.25) is 0 Å². The van der Waals surface area contributed by atoms with Crippen molar-refractivity contribution in [3.05, 3.63) is 29.8 Å². The maximum atomic E-state index is 13.1. The zero-order chi connectivity index (χ0) is 14.0. The number of carbonyl (C=O) groups is 1. The second kappa shape index (κ2) is 5.57. The first-order chi connectivity index (χ1) is 9.77. The number of carbonyl (C=O) groups excluding carboxylic acids is 1. The molecule has 1 aromatic carbocycles. The number of benzene rings is 1. The molecule has 3 heteroatoms. The number of hydrogen-bond donors (Lipinski definition) is 1. The molecular formula is C17H24N2O. The van der Waals surface area contributed by atoms with Crippen molar-refractivity contribution in [1.82, 2.24) is 5.32 Å². The van der Waals surface area contributed by atoms with E-state index in [-0.39, 0.29) is 11.4 Å². The fourth-order valence-electron chi connectivity index (χ4n) is 3.60. The highest BCUT2D eigenvalue weighted by molar-refractivity contribution is 6.01. The van der Waals surface area contributed by atoms with Crippen molar-refractivity contribution in [2.24, 2.45) is 0 Å². The van der Waals surface area contributed by atoms with Crippen LogP contribution in [-0.4, -0.2) is 24.5 Å². The first-order valence-electron chi connectivity index (χ1n) is 7.92. The van der Waals surface area contributed by atoms with Crippen molar-refractivity contribution in [3.8, 4) is 0 Å². The molecule has 0 spiro atoms. The maximum Gasteiger partial charge on any atom is 0.247 e. The Morgan fingerprint density at radius 3 is 2.90 bits per heavy atom. The number of fused-ring (bicyclic) bond motifs is 1. The number of rotatable bonds is 2. The third-order valence-corrected chi connectivity index (χ3v) is 4.86. The topological polar surface area (TPSA) is 32.3 Å². The van der Waals surface area contributed by atoms with E-state index in [9.17, 15) is 4.79 Å². The summed E-state index contributed by atoms with van der Waals surface area (Å²) < 4.78 is 0. The number of nitrogens with one attached hydrogen (secondary N) is 1. The van der Waals surface area contributed by atoms with Crippen LogP contribution in [0.15, 0.2) is 24.3 Å². The summed E-state index contributed by atoms with van der Waals surface area (Å²) in [5.74, 6) is 0.284. The fraction of sp³-hybridized carbons (Fsp3) is 0.588. The van der Waals surface area contributed by atoms with Crippen LogP contribution in [0.25, 0.3) is 0 Å². The van der Waals surface area contributed by atoms with E-state index < -0.39 is 0 Å². The molecule has 2 aliphatic rings. The van der Waals surface area contributed by atoms with Crippen LogP contribution in [0.4, 0.5) is 5.69 Å². The number of amides is 1. The third kappa shape index (κ3) is 2.24. The van der Waals surface area contributed by atoms with Crippen molar-refractivity contribution < 1.29 is 4.79 Å². The van der Waals surface area contributed by atoms with E-state index >= 15 is 0 Å². The van der Waals surface area contributed by atoms with Gasteiger partial charge in [0.1, 0.15) is 0 Å². The molecule has 0 aromatic heterocycles. The Bertz CT molecular complexity index is 492. The van der Waals surface area contributed by atoms with Gasteiger partial charge in [-0.15, -0.1) is 0 Å². The number of para-hydroxylation sites is 1. The second-order valence-corrected chi connectivity index (χ2v) is 6.01. The molecule has 1 amide bonds. The first-order valence-corrected chi connectivity index (χ1v) is 7.92. The molecule has 1 fully saturated rings. The third-order valence-electron chi connectivity index (χ3n) is 4.86. The van der Waals surface area contributed by atoms with Gasteiger partial charge in [-0.1, -0.05) is 25.1 Å². The van der Waals surface area contributed by atoms with Crippen molar-refractivity contribution >= 4 is 11.6 Å². The summed E-state index contributed by atoms with van der Waals surface area (Å²) in [5, 5.41) is 3.48. The van der Waals surface area contributed by atoms with Gasteiger partial charge in [0.2, 0.25) is 5.91 Å². The quantitative estimate of drug-likeness (QED) is 0.898. The number of nitrogens with zero attached hydrogens (tertiary/aromatic N) is 1. The monoisotopic (exact) mass is 272 g/mol. The van der Waals surface area contributed by atoms with E-state index in [0.29, 0.717) is 0 Å². The summed E-state index contributed by atoms with van der Waals surface area (Å²) in [7, 11) is 0. The normalized spacial score (nSPS) is 26.1. The molecule has 2 aliphatic heterocycles. The summed E-state index contributed by atoms with van der Waals surface area (Å²) in [6.07, 6.45) is 6.32. The lowest BCUT2D eigenvalue weighted by Gasteiger charge is -2.34. The van der Waals surface area contributed by atoms with E-state index in [0.717, 1.165) is 50.9 Å². The molecule has 0 radical (unpaired) electrons. The van der Waals surface area contributed by atoms with Crippen molar-refractivity contribution in [2.45, 2.75) is 51.0 Å². The van der Waals surface area contributed by atoms with Crippen LogP contribution >= 0.6 is 0 Å².